The molecule has 1 aromatic heterocycles. The second kappa shape index (κ2) is 8.16. The number of rotatable bonds is 6. The summed E-state index contributed by atoms with van der Waals surface area (Å²) in [5.41, 5.74) is 7.55. The van der Waals surface area contributed by atoms with Gasteiger partial charge in [-0.2, -0.15) is 0 Å². The molecule has 1 saturated carbocycles. The average Bonchev–Trinajstić information content (AvgIpc) is 3.16. The number of methoxy groups -OCH3 is 1. The van der Waals surface area contributed by atoms with Gasteiger partial charge in [0.2, 0.25) is 5.91 Å². The lowest BCUT2D eigenvalue weighted by Gasteiger charge is -2.24. The molecule has 25 heavy (non-hydrogen) atoms. The number of nitrogens with two attached hydrogens (primary N) is 1. The summed E-state index contributed by atoms with van der Waals surface area (Å²) in [4.78, 5) is 16.3. The molecule has 134 valence electrons. The summed E-state index contributed by atoms with van der Waals surface area (Å²) in [5, 5.41) is 2.89. The van der Waals surface area contributed by atoms with Crippen molar-refractivity contribution >= 4 is 11.6 Å². The lowest BCUT2D eigenvalue weighted by Crippen LogP contribution is -2.37. The van der Waals surface area contributed by atoms with Crippen LogP contribution in [-0.2, 0) is 4.79 Å². The van der Waals surface area contributed by atoms with Gasteiger partial charge in [0.15, 0.2) is 12.2 Å². The third kappa shape index (κ3) is 4.39. The normalized spacial score (nSPS) is 16.4. The fraction of sp³-hybridized carbons (Fsp3) is 0.474. The molecule has 1 unspecified atom stereocenters. The summed E-state index contributed by atoms with van der Waals surface area (Å²) >= 11 is 0. The number of hydrogen-bond donors (Lipinski definition) is 2. The van der Waals surface area contributed by atoms with Crippen LogP contribution >= 0.6 is 0 Å². The van der Waals surface area contributed by atoms with Gasteiger partial charge in [-0.1, -0.05) is 32.1 Å². The van der Waals surface area contributed by atoms with Crippen molar-refractivity contribution in [2.45, 2.75) is 44.6 Å². The van der Waals surface area contributed by atoms with Crippen LogP contribution in [0.4, 0.5) is 5.69 Å². The van der Waals surface area contributed by atoms with Crippen LogP contribution in [-0.4, -0.2) is 24.0 Å². The molecule has 1 aromatic carbocycles. The summed E-state index contributed by atoms with van der Waals surface area (Å²) in [6, 6.07) is 4.93. The number of ether oxygens (including phenoxy) is 1. The molecule has 0 aliphatic heterocycles. The van der Waals surface area contributed by atoms with Gasteiger partial charge in [0.1, 0.15) is 5.75 Å². The molecule has 1 aliphatic rings. The third-order valence-electron chi connectivity index (χ3n) is 4.82. The van der Waals surface area contributed by atoms with E-state index in [1.807, 2.05) is 12.1 Å². The quantitative estimate of drug-likeness (QED) is 0.836. The number of oxazole rings is 1. The smallest absolute Gasteiger partial charge is 0.241 e. The summed E-state index contributed by atoms with van der Waals surface area (Å²) in [7, 11) is 1.58. The van der Waals surface area contributed by atoms with E-state index >= 15 is 0 Å². The highest BCUT2D eigenvalue weighted by Gasteiger charge is 2.21. The molecule has 1 fully saturated rings. The summed E-state index contributed by atoms with van der Waals surface area (Å²) in [6.07, 6.45) is 9.90. The van der Waals surface area contributed by atoms with Gasteiger partial charge < -0.3 is 20.2 Å². The van der Waals surface area contributed by atoms with Gasteiger partial charge >= 0.3 is 0 Å². The van der Waals surface area contributed by atoms with Crippen molar-refractivity contribution < 1.29 is 13.9 Å². The monoisotopic (exact) mass is 343 g/mol. The first-order chi connectivity index (χ1) is 12.2. The Morgan fingerprint density at radius 3 is 2.88 bits per heavy atom. The van der Waals surface area contributed by atoms with Gasteiger partial charge in [-0.05, 0) is 24.5 Å². The molecule has 1 atom stereocenters. The summed E-state index contributed by atoms with van der Waals surface area (Å²) in [5.74, 6) is 1.64. The van der Waals surface area contributed by atoms with E-state index in [1.54, 1.807) is 19.4 Å². The molecule has 1 amide bonds. The SMILES string of the molecule is COc1cc(NC(=O)C(N)CC2CCCCC2)ccc1-c1cnco1. The van der Waals surface area contributed by atoms with Crippen molar-refractivity contribution in [1.82, 2.24) is 4.98 Å². The van der Waals surface area contributed by atoms with Crippen molar-refractivity contribution in [2.24, 2.45) is 11.7 Å². The molecule has 1 aliphatic carbocycles. The zero-order valence-electron chi connectivity index (χ0n) is 14.5. The third-order valence-corrected chi connectivity index (χ3v) is 4.82. The maximum Gasteiger partial charge on any atom is 0.241 e. The Morgan fingerprint density at radius 2 is 2.20 bits per heavy atom. The number of hydrogen-bond acceptors (Lipinski definition) is 5. The largest absolute Gasteiger partial charge is 0.496 e. The Labute approximate surface area is 147 Å². The highest BCUT2D eigenvalue weighted by molar-refractivity contribution is 5.95. The molecule has 0 spiro atoms. The Bertz CT molecular complexity index is 694. The lowest BCUT2D eigenvalue weighted by atomic mass is 9.85. The minimum atomic E-state index is -0.483. The van der Waals surface area contributed by atoms with E-state index in [0.717, 1.165) is 12.0 Å². The van der Waals surface area contributed by atoms with Gasteiger partial charge in [0.05, 0.1) is 24.9 Å². The van der Waals surface area contributed by atoms with E-state index in [1.165, 1.54) is 38.5 Å². The van der Waals surface area contributed by atoms with Gasteiger partial charge in [0.25, 0.3) is 0 Å². The van der Waals surface area contributed by atoms with Crippen molar-refractivity contribution in [3.05, 3.63) is 30.8 Å². The predicted molar refractivity (Wildman–Crippen MR) is 96.3 cm³/mol. The molecule has 0 saturated heterocycles. The molecular weight excluding hydrogens is 318 g/mol. The van der Waals surface area contributed by atoms with Crippen LogP contribution < -0.4 is 15.8 Å². The topological polar surface area (TPSA) is 90.4 Å². The van der Waals surface area contributed by atoms with E-state index < -0.39 is 6.04 Å². The number of benzene rings is 1. The highest BCUT2D eigenvalue weighted by atomic mass is 16.5. The second-order valence-electron chi connectivity index (χ2n) is 6.62. The molecule has 6 nitrogen and oxygen atoms in total. The maximum absolute atomic E-state index is 12.4. The van der Waals surface area contributed by atoms with Crippen molar-refractivity contribution in [3.8, 4) is 17.1 Å². The molecule has 6 heteroatoms. The first-order valence-electron chi connectivity index (χ1n) is 8.80. The highest BCUT2D eigenvalue weighted by Crippen LogP contribution is 2.32. The van der Waals surface area contributed by atoms with Crippen LogP contribution in [0.5, 0.6) is 5.75 Å². The van der Waals surface area contributed by atoms with Gasteiger partial charge in [0, 0.05) is 11.8 Å². The number of aromatic nitrogens is 1. The molecule has 3 N–H and O–H groups in total. The Balaban J connectivity index is 1.64. The molecule has 2 aromatic rings. The van der Waals surface area contributed by atoms with E-state index in [-0.39, 0.29) is 5.91 Å². The van der Waals surface area contributed by atoms with Crippen molar-refractivity contribution in [1.29, 1.82) is 0 Å². The minimum Gasteiger partial charge on any atom is -0.496 e. The fourth-order valence-electron chi connectivity index (χ4n) is 3.45. The summed E-state index contributed by atoms with van der Waals surface area (Å²) < 4.78 is 10.7. The maximum atomic E-state index is 12.4. The van der Waals surface area contributed by atoms with Crippen LogP contribution in [0.15, 0.2) is 35.2 Å². The molecule has 0 bridgehead atoms. The number of nitrogens with one attached hydrogen (secondary N) is 1. The minimum absolute atomic E-state index is 0.153. The van der Waals surface area contributed by atoms with Crippen LogP contribution in [0, 0.1) is 5.92 Å². The number of amides is 1. The molecule has 3 rings (SSSR count). The van der Waals surface area contributed by atoms with E-state index in [0.29, 0.717) is 23.1 Å². The molecule has 1 heterocycles. The van der Waals surface area contributed by atoms with Gasteiger partial charge in [-0.3, -0.25) is 4.79 Å². The Morgan fingerprint density at radius 1 is 1.40 bits per heavy atom. The van der Waals surface area contributed by atoms with Crippen LogP contribution in [0.3, 0.4) is 0 Å². The lowest BCUT2D eigenvalue weighted by molar-refractivity contribution is -0.117. The number of carbonyl (C=O) groups excluding carboxylic acids is 1. The van der Waals surface area contributed by atoms with E-state index in [9.17, 15) is 4.79 Å². The van der Waals surface area contributed by atoms with Gasteiger partial charge in [-0.15, -0.1) is 0 Å². The molecular formula is C19H25N3O3. The van der Waals surface area contributed by atoms with Crippen molar-refractivity contribution in [3.63, 3.8) is 0 Å². The van der Waals surface area contributed by atoms with Gasteiger partial charge in [-0.25, -0.2) is 4.98 Å². The number of nitrogens with zero attached hydrogens (tertiary/aromatic N) is 1. The zero-order chi connectivity index (χ0) is 17.6. The van der Waals surface area contributed by atoms with E-state index in [4.69, 9.17) is 14.9 Å². The first kappa shape index (κ1) is 17.5. The Hall–Kier alpha value is -2.34. The Kier molecular flexibility index (Phi) is 5.71. The molecule has 0 radical (unpaired) electrons. The number of anilines is 1. The second-order valence-corrected chi connectivity index (χ2v) is 6.62. The van der Waals surface area contributed by atoms with Crippen LogP contribution in [0.2, 0.25) is 0 Å². The zero-order valence-corrected chi connectivity index (χ0v) is 14.5. The van der Waals surface area contributed by atoms with Crippen LogP contribution in [0.1, 0.15) is 38.5 Å². The number of carbonyl (C=O) groups is 1. The summed E-state index contributed by atoms with van der Waals surface area (Å²) in [6.45, 7) is 0. The van der Waals surface area contributed by atoms with Crippen molar-refractivity contribution in [2.75, 3.05) is 12.4 Å². The predicted octanol–water partition coefficient (Wildman–Crippen LogP) is 3.59. The van der Waals surface area contributed by atoms with Crippen LogP contribution in [0.25, 0.3) is 11.3 Å². The average molecular weight is 343 g/mol. The standard InChI is InChI=1S/C19H25N3O3/c1-24-17-10-14(7-8-15(17)18-11-21-12-25-18)22-19(23)16(20)9-13-5-3-2-4-6-13/h7-8,10-13,16H,2-6,9,20H2,1H3,(H,22,23). The fourth-order valence-corrected chi connectivity index (χ4v) is 3.45. The van der Waals surface area contributed by atoms with E-state index in [2.05, 4.69) is 10.3 Å². The first-order valence-corrected chi connectivity index (χ1v) is 8.80.